The molecule has 25 heavy (non-hydrogen) atoms. The van der Waals surface area contributed by atoms with E-state index >= 15 is 0 Å². The highest BCUT2D eigenvalue weighted by Gasteiger charge is 2.47. The van der Waals surface area contributed by atoms with Crippen molar-refractivity contribution in [2.75, 3.05) is 6.79 Å². The summed E-state index contributed by atoms with van der Waals surface area (Å²) in [5, 5.41) is 4.19. The molecule has 0 spiro atoms. The van der Waals surface area contributed by atoms with Gasteiger partial charge in [-0.3, -0.25) is 0 Å². The van der Waals surface area contributed by atoms with Gasteiger partial charge in [-0.05, 0) is 42.9 Å². The maximum atomic E-state index is 6.38. The first-order valence-electron chi connectivity index (χ1n) is 8.37. The summed E-state index contributed by atoms with van der Waals surface area (Å²) in [7, 11) is 0. The van der Waals surface area contributed by atoms with Gasteiger partial charge in [-0.25, -0.2) is 0 Å². The fourth-order valence-electron chi connectivity index (χ4n) is 3.83. The van der Waals surface area contributed by atoms with E-state index in [1.54, 1.807) is 0 Å². The molecule has 5 rings (SSSR count). The lowest BCUT2D eigenvalue weighted by Crippen LogP contribution is -2.64. The Morgan fingerprint density at radius 2 is 2.00 bits per heavy atom. The Morgan fingerprint density at radius 1 is 1.16 bits per heavy atom. The van der Waals surface area contributed by atoms with Gasteiger partial charge in [0.05, 0.1) is 6.04 Å². The van der Waals surface area contributed by atoms with Gasteiger partial charge in [0.1, 0.15) is 5.75 Å². The van der Waals surface area contributed by atoms with Gasteiger partial charge in [0.15, 0.2) is 22.3 Å². The standard InChI is InChI=1S/C19H18N2O3S/c1-19-9-14(13-4-2-3-5-15(13)24-19)20-18(25)21(19)10-12-6-7-16-17(8-12)23-11-22-16/h2-8,14H,9-11H2,1H3,(H,20,25)/t14-,19-/m1/s1. The van der Waals surface area contributed by atoms with E-state index in [4.69, 9.17) is 26.4 Å². The molecule has 2 aromatic rings. The summed E-state index contributed by atoms with van der Waals surface area (Å²) < 4.78 is 17.3. The molecular weight excluding hydrogens is 336 g/mol. The predicted molar refractivity (Wildman–Crippen MR) is 96.7 cm³/mol. The lowest BCUT2D eigenvalue weighted by Gasteiger charge is -2.52. The Hall–Kier alpha value is -2.47. The fourth-order valence-corrected chi connectivity index (χ4v) is 4.23. The predicted octanol–water partition coefficient (Wildman–Crippen LogP) is 3.35. The summed E-state index contributed by atoms with van der Waals surface area (Å²) in [6.45, 7) is 3.03. The number of hydrogen-bond acceptors (Lipinski definition) is 4. The van der Waals surface area contributed by atoms with Gasteiger partial charge >= 0.3 is 0 Å². The van der Waals surface area contributed by atoms with E-state index < -0.39 is 5.72 Å². The minimum atomic E-state index is -0.474. The normalized spacial score (nSPS) is 25.9. The van der Waals surface area contributed by atoms with Crippen LogP contribution in [0.15, 0.2) is 42.5 Å². The van der Waals surface area contributed by atoms with E-state index in [1.807, 2.05) is 36.4 Å². The zero-order chi connectivity index (χ0) is 17.0. The van der Waals surface area contributed by atoms with Crippen LogP contribution in [-0.2, 0) is 6.54 Å². The molecule has 3 aliphatic heterocycles. The molecular formula is C19H18N2O3S. The zero-order valence-electron chi connectivity index (χ0n) is 13.8. The quantitative estimate of drug-likeness (QED) is 0.835. The average Bonchev–Trinajstić information content (AvgIpc) is 3.06. The van der Waals surface area contributed by atoms with Crippen LogP contribution in [0.1, 0.15) is 30.5 Å². The Kier molecular flexibility index (Phi) is 3.12. The number of thiocarbonyl (C=S) groups is 1. The molecule has 0 amide bonds. The van der Waals surface area contributed by atoms with Crippen LogP contribution in [0.4, 0.5) is 0 Å². The van der Waals surface area contributed by atoms with Gasteiger partial charge in [0.25, 0.3) is 0 Å². The molecule has 0 aliphatic carbocycles. The second kappa shape index (κ2) is 5.26. The number of nitrogens with one attached hydrogen (secondary N) is 1. The molecule has 0 saturated carbocycles. The highest BCUT2D eigenvalue weighted by molar-refractivity contribution is 7.80. The summed E-state index contributed by atoms with van der Waals surface area (Å²) in [5.41, 5.74) is 1.80. The molecule has 2 aromatic carbocycles. The summed E-state index contributed by atoms with van der Waals surface area (Å²) in [6, 6.07) is 14.4. The third-order valence-corrected chi connectivity index (χ3v) is 5.44. The molecule has 6 heteroatoms. The van der Waals surface area contributed by atoms with Crippen molar-refractivity contribution in [3.8, 4) is 17.2 Å². The van der Waals surface area contributed by atoms with Gasteiger partial charge in [-0.1, -0.05) is 24.3 Å². The van der Waals surface area contributed by atoms with E-state index in [9.17, 15) is 0 Å². The monoisotopic (exact) mass is 354 g/mol. The number of benzene rings is 2. The lowest BCUT2D eigenvalue weighted by molar-refractivity contribution is -0.0722. The second-order valence-electron chi connectivity index (χ2n) is 6.79. The minimum absolute atomic E-state index is 0.190. The maximum absolute atomic E-state index is 6.38. The molecule has 3 heterocycles. The molecule has 3 aliphatic rings. The third kappa shape index (κ3) is 2.32. The van der Waals surface area contributed by atoms with Crippen LogP contribution in [0.5, 0.6) is 17.2 Å². The number of rotatable bonds is 2. The van der Waals surface area contributed by atoms with Crippen LogP contribution in [-0.4, -0.2) is 22.5 Å². The molecule has 2 atom stereocenters. The molecule has 5 nitrogen and oxygen atoms in total. The highest BCUT2D eigenvalue weighted by Crippen LogP contribution is 2.44. The van der Waals surface area contributed by atoms with Crippen molar-refractivity contribution in [3.63, 3.8) is 0 Å². The topological polar surface area (TPSA) is 43.0 Å². The molecule has 0 aromatic heterocycles. The van der Waals surface area contributed by atoms with Crippen LogP contribution < -0.4 is 19.5 Å². The first kappa shape index (κ1) is 14.8. The molecule has 128 valence electrons. The van der Waals surface area contributed by atoms with Gasteiger partial charge in [-0.2, -0.15) is 0 Å². The van der Waals surface area contributed by atoms with Crippen molar-refractivity contribution < 1.29 is 14.2 Å². The summed E-state index contributed by atoms with van der Waals surface area (Å²) >= 11 is 5.66. The van der Waals surface area contributed by atoms with Crippen molar-refractivity contribution in [1.29, 1.82) is 0 Å². The number of para-hydroxylation sites is 1. The van der Waals surface area contributed by atoms with E-state index in [-0.39, 0.29) is 12.8 Å². The smallest absolute Gasteiger partial charge is 0.231 e. The van der Waals surface area contributed by atoms with E-state index in [0.717, 1.165) is 29.2 Å². The van der Waals surface area contributed by atoms with E-state index in [2.05, 4.69) is 23.2 Å². The van der Waals surface area contributed by atoms with Crippen molar-refractivity contribution in [3.05, 3.63) is 53.6 Å². The largest absolute Gasteiger partial charge is 0.468 e. The first-order valence-corrected chi connectivity index (χ1v) is 8.78. The number of fused-ring (bicyclic) bond motifs is 5. The maximum Gasteiger partial charge on any atom is 0.231 e. The SMILES string of the molecule is C[C@@]12C[C@@H](NC(=S)N1Cc1ccc3c(c1)OCO3)c1ccccc1O2. The lowest BCUT2D eigenvalue weighted by atomic mass is 9.90. The molecule has 0 radical (unpaired) electrons. The number of nitrogens with zero attached hydrogens (tertiary/aromatic N) is 1. The Bertz CT molecular complexity index is 871. The number of ether oxygens (including phenoxy) is 3. The fraction of sp³-hybridized carbons (Fsp3) is 0.316. The third-order valence-electron chi connectivity index (χ3n) is 5.10. The van der Waals surface area contributed by atoms with E-state index in [1.165, 1.54) is 5.56 Å². The van der Waals surface area contributed by atoms with Gasteiger partial charge in [0.2, 0.25) is 6.79 Å². The molecule has 1 N–H and O–H groups in total. The van der Waals surface area contributed by atoms with Gasteiger partial charge < -0.3 is 24.4 Å². The first-order chi connectivity index (χ1) is 12.1. The molecule has 1 fully saturated rings. The Labute approximate surface area is 151 Å². The zero-order valence-corrected chi connectivity index (χ0v) is 14.6. The van der Waals surface area contributed by atoms with Crippen LogP contribution in [0.2, 0.25) is 0 Å². The van der Waals surface area contributed by atoms with E-state index in [0.29, 0.717) is 11.7 Å². The van der Waals surface area contributed by atoms with Crippen molar-refractivity contribution in [2.24, 2.45) is 0 Å². The number of hydrogen-bond donors (Lipinski definition) is 1. The molecule has 0 unspecified atom stereocenters. The van der Waals surface area contributed by atoms with Crippen molar-refractivity contribution >= 4 is 17.3 Å². The average molecular weight is 354 g/mol. The minimum Gasteiger partial charge on any atom is -0.468 e. The second-order valence-corrected chi connectivity index (χ2v) is 7.18. The van der Waals surface area contributed by atoms with Crippen LogP contribution in [0.3, 0.4) is 0 Å². The van der Waals surface area contributed by atoms with Crippen molar-refractivity contribution in [2.45, 2.75) is 31.7 Å². The van der Waals surface area contributed by atoms with Crippen LogP contribution in [0, 0.1) is 0 Å². The molecule has 1 saturated heterocycles. The summed E-state index contributed by atoms with van der Waals surface area (Å²) in [5.74, 6) is 2.50. The van der Waals surface area contributed by atoms with Crippen LogP contribution in [0.25, 0.3) is 0 Å². The van der Waals surface area contributed by atoms with Crippen LogP contribution >= 0.6 is 12.2 Å². The summed E-state index contributed by atoms with van der Waals surface area (Å²) in [6.07, 6.45) is 0.842. The van der Waals surface area contributed by atoms with Gasteiger partial charge in [-0.15, -0.1) is 0 Å². The Morgan fingerprint density at radius 3 is 2.92 bits per heavy atom. The molecule has 2 bridgehead atoms. The van der Waals surface area contributed by atoms with Crippen molar-refractivity contribution in [1.82, 2.24) is 10.2 Å². The summed E-state index contributed by atoms with van der Waals surface area (Å²) in [4.78, 5) is 2.12. The Balaban J connectivity index is 1.47. The van der Waals surface area contributed by atoms with Gasteiger partial charge in [0, 0.05) is 18.5 Å². The highest BCUT2D eigenvalue weighted by atomic mass is 32.1.